The molecule has 0 N–H and O–H groups in total. The van der Waals surface area contributed by atoms with E-state index in [1.165, 1.54) is 0 Å². The molecule has 1 aliphatic heterocycles. The molecular formula is C5H5F2O. The van der Waals surface area contributed by atoms with E-state index in [2.05, 4.69) is 10.8 Å². The Balaban J connectivity index is 2.45. The summed E-state index contributed by atoms with van der Waals surface area (Å²) >= 11 is 0. The van der Waals surface area contributed by atoms with E-state index in [4.69, 9.17) is 0 Å². The van der Waals surface area contributed by atoms with Gasteiger partial charge in [-0.25, -0.2) is 8.78 Å². The first-order chi connectivity index (χ1) is 3.80. The second-order valence-electron chi connectivity index (χ2n) is 1.44. The molecule has 0 bridgehead atoms. The highest BCUT2D eigenvalue weighted by molar-refractivity contribution is 4.94. The first-order valence-electron chi connectivity index (χ1n) is 2.32. The fourth-order valence-corrected chi connectivity index (χ4v) is 0.526. The third-order valence-corrected chi connectivity index (χ3v) is 0.857. The number of allylic oxidation sites excluding steroid dienone is 1. The van der Waals surface area contributed by atoms with Gasteiger partial charge < -0.3 is 4.74 Å². The van der Waals surface area contributed by atoms with E-state index in [9.17, 15) is 8.78 Å². The van der Waals surface area contributed by atoms with Crippen LogP contribution < -0.4 is 0 Å². The third kappa shape index (κ3) is 0.967. The van der Waals surface area contributed by atoms with Crippen LogP contribution in [0.15, 0.2) is 5.76 Å². The third-order valence-electron chi connectivity index (χ3n) is 0.857. The smallest absolute Gasteiger partial charge is 0.295 e. The Morgan fingerprint density at radius 1 is 1.62 bits per heavy atom. The maximum atomic E-state index is 11.5. The average Bonchev–Trinajstić information content (AvgIpc) is 2.12. The van der Waals surface area contributed by atoms with Gasteiger partial charge in [-0.05, 0) is 0 Å². The summed E-state index contributed by atoms with van der Waals surface area (Å²) in [5, 5.41) is 0. The molecule has 0 saturated heterocycles. The molecule has 0 aliphatic carbocycles. The predicted molar refractivity (Wildman–Crippen MR) is 23.3 cm³/mol. The molecule has 45 valence electrons. The zero-order valence-electron chi connectivity index (χ0n) is 4.16. The molecule has 1 nitrogen and oxygen atoms in total. The lowest BCUT2D eigenvalue weighted by atomic mass is 10.4. The molecule has 0 atom stereocenters. The summed E-state index contributed by atoms with van der Waals surface area (Å²) in [5.41, 5.74) is 0. The molecule has 0 unspecified atom stereocenters. The van der Waals surface area contributed by atoms with Crippen molar-refractivity contribution in [3.8, 4) is 0 Å². The Hall–Kier alpha value is -0.600. The molecule has 3 heteroatoms. The largest absolute Gasteiger partial charge is 0.491 e. The SMILES string of the molecule is FC(F)C1=[C]CCO1. The normalized spacial score (nSPS) is 18.6. The zero-order valence-corrected chi connectivity index (χ0v) is 4.16. The molecule has 1 radical (unpaired) electrons. The van der Waals surface area contributed by atoms with Crippen molar-refractivity contribution in [3.63, 3.8) is 0 Å². The Kier molecular flexibility index (Phi) is 1.46. The Labute approximate surface area is 45.9 Å². The van der Waals surface area contributed by atoms with Crippen LogP contribution in [0.2, 0.25) is 0 Å². The van der Waals surface area contributed by atoms with Gasteiger partial charge in [0, 0.05) is 12.5 Å². The molecule has 0 aromatic heterocycles. The van der Waals surface area contributed by atoms with Crippen molar-refractivity contribution in [1.29, 1.82) is 0 Å². The van der Waals surface area contributed by atoms with Crippen molar-refractivity contribution in [1.82, 2.24) is 0 Å². The first kappa shape index (κ1) is 5.54. The average molecular weight is 119 g/mol. The van der Waals surface area contributed by atoms with Gasteiger partial charge in [-0.1, -0.05) is 0 Å². The summed E-state index contributed by atoms with van der Waals surface area (Å²) in [6.07, 6.45) is 0.426. The molecule has 0 amide bonds. The standard InChI is InChI=1S/C5H5F2O/c6-5(7)4-2-1-3-8-4/h5H,1,3H2. The molecule has 0 fully saturated rings. The quantitative estimate of drug-likeness (QED) is 0.506. The Morgan fingerprint density at radius 3 is 2.62 bits per heavy atom. The van der Waals surface area contributed by atoms with Gasteiger partial charge in [0.1, 0.15) is 0 Å². The van der Waals surface area contributed by atoms with Crippen molar-refractivity contribution >= 4 is 0 Å². The molecule has 8 heavy (non-hydrogen) atoms. The highest BCUT2D eigenvalue weighted by Gasteiger charge is 2.15. The van der Waals surface area contributed by atoms with Gasteiger partial charge in [0.05, 0.1) is 6.61 Å². The number of alkyl halides is 2. The van der Waals surface area contributed by atoms with Crippen LogP contribution >= 0.6 is 0 Å². The second kappa shape index (κ2) is 2.11. The fraction of sp³-hybridized carbons (Fsp3) is 0.600. The fourth-order valence-electron chi connectivity index (χ4n) is 0.526. The molecular weight excluding hydrogens is 114 g/mol. The van der Waals surface area contributed by atoms with E-state index in [-0.39, 0.29) is 5.76 Å². The molecule has 0 saturated carbocycles. The van der Waals surface area contributed by atoms with Gasteiger partial charge in [-0.2, -0.15) is 0 Å². The van der Waals surface area contributed by atoms with Crippen LogP contribution in [-0.2, 0) is 4.74 Å². The van der Waals surface area contributed by atoms with Crippen LogP contribution in [0.1, 0.15) is 6.42 Å². The summed E-state index contributed by atoms with van der Waals surface area (Å²) in [6, 6.07) is 0. The van der Waals surface area contributed by atoms with Crippen molar-refractivity contribution in [2.75, 3.05) is 6.61 Å². The highest BCUT2D eigenvalue weighted by atomic mass is 19.3. The molecule has 0 spiro atoms. The molecule has 1 rings (SSSR count). The summed E-state index contributed by atoms with van der Waals surface area (Å²) in [4.78, 5) is 0. The van der Waals surface area contributed by atoms with Gasteiger partial charge in [-0.3, -0.25) is 0 Å². The minimum atomic E-state index is -2.47. The van der Waals surface area contributed by atoms with Crippen LogP contribution in [0.3, 0.4) is 0 Å². The van der Waals surface area contributed by atoms with Crippen LogP contribution in [0.5, 0.6) is 0 Å². The number of rotatable bonds is 1. The maximum absolute atomic E-state index is 11.5. The first-order valence-corrected chi connectivity index (χ1v) is 2.32. The predicted octanol–water partition coefficient (Wildman–Crippen LogP) is 1.36. The minimum Gasteiger partial charge on any atom is -0.491 e. The van der Waals surface area contributed by atoms with Crippen molar-refractivity contribution in [2.45, 2.75) is 12.8 Å². The van der Waals surface area contributed by atoms with E-state index in [1.807, 2.05) is 0 Å². The van der Waals surface area contributed by atoms with Gasteiger partial charge in [0.2, 0.25) is 0 Å². The number of hydrogen-bond acceptors (Lipinski definition) is 1. The topological polar surface area (TPSA) is 9.23 Å². The van der Waals surface area contributed by atoms with Gasteiger partial charge in [-0.15, -0.1) is 0 Å². The summed E-state index contributed by atoms with van der Waals surface area (Å²) < 4.78 is 27.5. The second-order valence-corrected chi connectivity index (χ2v) is 1.44. The van der Waals surface area contributed by atoms with Gasteiger partial charge >= 0.3 is 0 Å². The lowest BCUT2D eigenvalue weighted by Crippen LogP contribution is -1.96. The van der Waals surface area contributed by atoms with Crippen LogP contribution in [0.25, 0.3) is 0 Å². The summed E-state index contributed by atoms with van der Waals surface area (Å²) in [6.45, 7) is 0.361. The van der Waals surface area contributed by atoms with Crippen molar-refractivity contribution < 1.29 is 13.5 Å². The lowest BCUT2D eigenvalue weighted by molar-refractivity contribution is 0.0972. The number of halogens is 2. The van der Waals surface area contributed by atoms with Crippen molar-refractivity contribution in [2.24, 2.45) is 0 Å². The zero-order chi connectivity index (χ0) is 5.98. The van der Waals surface area contributed by atoms with Crippen LogP contribution in [-0.4, -0.2) is 13.0 Å². The summed E-state index contributed by atoms with van der Waals surface area (Å²) in [5.74, 6) is -0.287. The maximum Gasteiger partial charge on any atom is 0.295 e. The molecule has 1 aliphatic rings. The van der Waals surface area contributed by atoms with Gasteiger partial charge in [0.25, 0.3) is 6.43 Å². The van der Waals surface area contributed by atoms with E-state index in [1.54, 1.807) is 0 Å². The molecule has 1 heterocycles. The lowest BCUT2D eigenvalue weighted by Gasteiger charge is -1.98. The monoisotopic (exact) mass is 119 g/mol. The minimum absolute atomic E-state index is 0.287. The van der Waals surface area contributed by atoms with Crippen LogP contribution in [0.4, 0.5) is 8.78 Å². The summed E-state index contributed by atoms with van der Waals surface area (Å²) in [7, 11) is 0. The van der Waals surface area contributed by atoms with E-state index >= 15 is 0 Å². The Bertz CT molecular complexity index is 109. The number of ether oxygens (including phenoxy) is 1. The molecule has 0 aromatic carbocycles. The van der Waals surface area contributed by atoms with Crippen molar-refractivity contribution in [3.05, 3.63) is 11.8 Å². The van der Waals surface area contributed by atoms with Gasteiger partial charge in [0.15, 0.2) is 5.76 Å². The number of hydrogen-bond donors (Lipinski definition) is 0. The Morgan fingerprint density at radius 2 is 2.38 bits per heavy atom. The van der Waals surface area contributed by atoms with E-state index in [0.717, 1.165) is 0 Å². The molecule has 0 aromatic rings. The van der Waals surface area contributed by atoms with E-state index in [0.29, 0.717) is 13.0 Å². The van der Waals surface area contributed by atoms with E-state index < -0.39 is 6.43 Å². The highest BCUT2D eigenvalue weighted by Crippen LogP contribution is 2.15. The van der Waals surface area contributed by atoms with Crippen LogP contribution in [0, 0.1) is 6.08 Å².